The zero-order valence-electron chi connectivity index (χ0n) is 32.8. The number of imide groups is 1. The summed E-state index contributed by atoms with van der Waals surface area (Å²) >= 11 is 0. The highest BCUT2D eigenvalue weighted by atomic mass is 19.1. The molecule has 5 aliphatic rings. The van der Waals surface area contributed by atoms with E-state index in [0.29, 0.717) is 67.0 Å². The van der Waals surface area contributed by atoms with Crippen molar-refractivity contribution in [2.45, 2.75) is 82.2 Å². The molecule has 58 heavy (non-hydrogen) atoms. The first kappa shape index (κ1) is 39.8. The molecule has 3 aromatic rings. The van der Waals surface area contributed by atoms with Crippen LogP contribution < -0.4 is 20.9 Å². The average Bonchev–Trinajstić information content (AvgIpc) is 3.23. The van der Waals surface area contributed by atoms with Gasteiger partial charge in [0.15, 0.2) is 5.82 Å². The van der Waals surface area contributed by atoms with E-state index in [4.69, 9.17) is 4.74 Å². The van der Waals surface area contributed by atoms with Gasteiger partial charge in [-0.05, 0) is 113 Å². The second-order valence-electron chi connectivity index (χ2n) is 16.5. The number of morpholine rings is 1. The Bertz CT molecular complexity index is 2010. The van der Waals surface area contributed by atoms with Crippen molar-refractivity contribution in [3.05, 3.63) is 65.9 Å². The van der Waals surface area contributed by atoms with E-state index < -0.39 is 11.9 Å². The first-order valence-corrected chi connectivity index (χ1v) is 20.9. The van der Waals surface area contributed by atoms with Crippen molar-refractivity contribution in [1.29, 1.82) is 0 Å². The summed E-state index contributed by atoms with van der Waals surface area (Å²) in [5.41, 5.74) is 2.64. The number of benzene rings is 2. The Kier molecular flexibility index (Phi) is 12.3. The summed E-state index contributed by atoms with van der Waals surface area (Å²) < 4.78 is 35.5. The smallest absolute Gasteiger partial charge is 0.253 e. The van der Waals surface area contributed by atoms with Crippen LogP contribution in [0.25, 0.3) is 11.3 Å². The van der Waals surface area contributed by atoms with Crippen molar-refractivity contribution in [1.82, 2.24) is 25.1 Å². The molecule has 15 heteroatoms. The van der Waals surface area contributed by atoms with Crippen LogP contribution in [0.5, 0.6) is 0 Å². The molecule has 1 atom stereocenters. The minimum absolute atomic E-state index is 0. The van der Waals surface area contributed by atoms with Crippen LogP contribution in [0.3, 0.4) is 0 Å². The van der Waals surface area contributed by atoms with E-state index >= 15 is 4.39 Å². The minimum atomic E-state index is -0.547. The average molecular weight is 805 g/mol. The van der Waals surface area contributed by atoms with Crippen molar-refractivity contribution >= 4 is 41.0 Å². The Hall–Kier alpha value is -5.02. The number of aromatic nitrogens is 2. The molecule has 0 bridgehead atoms. The van der Waals surface area contributed by atoms with Gasteiger partial charge in [-0.15, -0.1) is 0 Å². The number of carbonyl (C=O) groups excluding carboxylic acids is 4. The zero-order valence-corrected chi connectivity index (χ0v) is 32.8. The van der Waals surface area contributed by atoms with Crippen molar-refractivity contribution in [3.63, 3.8) is 0 Å². The number of anilines is 3. The van der Waals surface area contributed by atoms with Gasteiger partial charge in [0.05, 0.1) is 12.8 Å². The predicted molar refractivity (Wildman–Crippen MR) is 220 cm³/mol. The lowest BCUT2D eigenvalue weighted by atomic mass is 9.80. The van der Waals surface area contributed by atoms with Crippen LogP contribution in [0.15, 0.2) is 48.7 Å². The molecule has 0 radical (unpaired) electrons. The van der Waals surface area contributed by atoms with Gasteiger partial charge in [-0.3, -0.25) is 24.5 Å². The Morgan fingerprint density at radius 3 is 2.41 bits per heavy atom. The monoisotopic (exact) mass is 804 g/mol. The van der Waals surface area contributed by atoms with Crippen molar-refractivity contribution in [2.24, 2.45) is 11.8 Å². The first-order valence-electron chi connectivity index (χ1n) is 20.9. The van der Waals surface area contributed by atoms with Gasteiger partial charge in [0.25, 0.3) is 5.91 Å². The molecular formula is C43H58F2N8O5. The molecule has 8 rings (SSSR count). The van der Waals surface area contributed by atoms with E-state index in [-0.39, 0.29) is 70.3 Å². The normalized spacial score (nSPS) is 24.1. The quantitative estimate of drug-likeness (QED) is 0.214. The molecule has 13 nitrogen and oxygen atoms in total. The Labute approximate surface area is 341 Å². The summed E-state index contributed by atoms with van der Waals surface area (Å²) in [5.74, 6) is -0.280. The summed E-state index contributed by atoms with van der Waals surface area (Å²) in [7, 11) is 0. The highest BCUT2D eigenvalue weighted by Crippen LogP contribution is 2.35. The molecule has 1 aliphatic carbocycles. The van der Waals surface area contributed by atoms with E-state index in [1.165, 1.54) is 12.3 Å². The van der Waals surface area contributed by atoms with Gasteiger partial charge in [-0.25, -0.2) is 18.7 Å². The van der Waals surface area contributed by atoms with E-state index in [2.05, 4.69) is 30.8 Å². The van der Waals surface area contributed by atoms with Gasteiger partial charge >= 0.3 is 0 Å². The predicted octanol–water partition coefficient (Wildman–Crippen LogP) is 5.83. The lowest BCUT2D eigenvalue weighted by Crippen LogP contribution is -2.47. The molecule has 2 aromatic carbocycles. The van der Waals surface area contributed by atoms with E-state index in [0.717, 1.165) is 71.0 Å². The fraction of sp³-hybridized carbons (Fsp3) is 0.535. The maximum atomic E-state index is 15.2. The minimum Gasteiger partial charge on any atom is -0.374 e. The van der Waals surface area contributed by atoms with Crippen molar-refractivity contribution in [3.8, 4) is 11.3 Å². The molecule has 314 valence electrons. The van der Waals surface area contributed by atoms with E-state index in [1.54, 1.807) is 23.1 Å². The van der Waals surface area contributed by atoms with Gasteiger partial charge in [0, 0.05) is 65.8 Å². The molecule has 5 heterocycles. The number of carbonyl (C=O) groups is 4. The van der Waals surface area contributed by atoms with Crippen LogP contribution >= 0.6 is 0 Å². The number of amides is 4. The molecule has 1 unspecified atom stereocenters. The molecule has 4 saturated heterocycles. The second-order valence-corrected chi connectivity index (χ2v) is 16.5. The number of likely N-dealkylation sites (tertiary alicyclic amines) is 2. The molecule has 4 aliphatic heterocycles. The van der Waals surface area contributed by atoms with Gasteiger partial charge in [0.1, 0.15) is 24.2 Å². The maximum absolute atomic E-state index is 15.2. The molecule has 0 spiro atoms. The number of hydrogen-bond donors (Lipinski definition) is 3. The Morgan fingerprint density at radius 2 is 1.67 bits per heavy atom. The van der Waals surface area contributed by atoms with Crippen LogP contribution in [0, 0.1) is 23.5 Å². The zero-order chi connectivity index (χ0) is 40.2. The third-order valence-corrected chi connectivity index (χ3v) is 12.6. The summed E-state index contributed by atoms with van der Waals surface area (Å²) in [6, 6.07) is 11.8. The van der Waals surface area contributed by atoms with E-state index in [1.807, 2.05) is 23.1 Å². The number of halogens is 2. The SMILES string of the molecule is O=C1CCC(Nc2ccc(C3CCN(CC4CCC(C(=O)N5CCC(Nc6ncc(F)c(-c7cccc(N8CCOCC8=O)c7)n6)CC5)CC4)CC3)c(F)c2)C(=O)N1.[HH].[HH].[HH]. The lowest BCUT2D eigenvalue weighted by molar-refractivity contribution is -0.138. The third kappa shape index (κ3) is 9.31. The number of hydrogen-bond acceptors (Lipinski definition) is 10. The van der Waals surface area contributed by atoms with Gasteiger partial charge in [0.2, 0.25) is 23.7 Å². The molecule has 5 fully saturated rings. The summed E-state index contributed by atoms with van der Waals surface area (Å²) in [5, 5.41) is 8.76. The molecular weight excluding hydrogens is 747 g/mol. The Balaban J connectivity index is 0.00000235. The van der Waals surface area contributed by atoms with Gasteiger partial charge in [-0.1, -0.05) is 18.2 Å². The van der Waals surface area contributed by atoms with E-state index in [9.17, 15) is 23.6 Å². The summed E-state index contributed by atoms with van der Waals surface area (Å²) in [6.07, 6.45) is 8.94. The van der Waals surface area contributed by atoms with Crippen LogP contribution in [0.4, 0.5) is 26.1 Å². The largest absolute Gasteiger partial charge is 0.374 e. The van der Waals surface area contributed by atoms with Crippen LogP contribution in [-0.4, -0.2) is 108 Å². The number of piperidine rings is 3. The Morgan fingerprint density at radius 1 is 0.879 bits per heavy atom. The standard InChI is InChI=1S/C43H52F2N8O5.3H2/c44-35-23-32(47-37-10-11-38(54)49-41(37)56)8-9-34(35)28-12-16-51(17-13-28)25-27-4-6-29(7-5-27)42(57)52-18-14-31(15-19-52)48-43-46-24-36(45)40(50-43)30-2-1-3-33(22-30)53-20-21-58-26-39(53)55;;;/h1-3,8-9,22-24,27-29,31,37,47H,4-7,10-21,25-26H2,(H,46,48,50)(H,49,54,56);3*1H. The van der Waals surface area contributed by atoms with Crippen LogP contribution in [0.2, 0.25) is 0 Å². The molecule has 1 saturated carbocycles. The summed E-state index contributed by atoms with van der Waals surface area (Å²) in [4.78, 5) is 64.4. The fourth-order valence-electron chi connectivity index (χ4n) is 9.30. The maximum Gasteiger partial charge on any atom is 0.253 e. The highest BCUT2D eigenvalue weighted by Gasteiger charge is 2.34. The van der Waals surface area contributed by atoms with Crippen molar-refractivity contribution < 1.29 is 37.0 Å². The molecule has 1 aromatic heterocycles. The van der Waals surface area contributed by atoms with Crippen LogP contribution in [0.1, 0.15) is 80.0 Å². The highest BCUT2D eigenvalue weighted by molar-refractivity contribution is 6.01. The number of ether oxygens (including phenoxy) is 1. The first-order chi connectivity index (χ1) is 28.2. The van der Waals surface area contributed by atoms with Gasteiger partial charge < -0.3 is 30.1 Å². The second kappa shape index (κ2) is 17.9. The number of rotatable bonds is 10. The summed E-state index contributed by atoms with van der Waals surface area (Å²) in [6.45, 7) is 5.03. The third-order valence-electron chi connectivity index (χ3n) is 12.6. The number of nitrogens with zero attached hydrogens (tertiary/aromatic N) is 5. The van der Waals surface area contributed by atoms with Gasteiger partial charge in [-0.2, -0.15) is 0 Å². The topological polar surface area (TPSA) is 149 Å². The molecule has 4 amide bonds. The molecule has 3 N–H and O–H groups in total. The number of nitrogens with one attached hydrogen (secondary N) is 3. The van der Waals surface area contributed by atoms with Crippen LogP contribution in [-0.2, 0) is 23.9 Å². The fourth-order valence-corrected chi connectivity index (χ4v) is 9.30. The van der Waals surface area contributed by atoms with Crippen molar-refractivity contribution in [2.75, 3.05) is 68.0 Å². The lowest BCUT2D eigenvalue weighted by Gasteiger charge is -2.38.